The third-order valence-corrected chi connectivity index (χ3v) is 2.51. The largest absolute Gasteiger partial charge is 0.382 e. The van der Waals surface area contributed by atoms with Gasteiger partial charge in [-0.05, 0) is 19.3 Å². The van der Waals surface area contributed by atoms with Crippen molar-refractivity contribution >= 4 is 5.82 Å². The van der Waals surface area contributed by atoms with Crippen molar-refractivity contribution in [1.82, 2.24) is 14.9 Å². The Kier molecular flexibility index (Phi) is 3.63. The summed E-state index contributed by atoms with van der Waals surface area (Å²) < 4.78 is 2.05. The zero-order valence-electron chi connectivity index (χ0n) is 11.0. The Labute approximate surface area is 98.2 Å². The first kappa shape index (κ1) is 13.0. The number of nitrogen functional groups attached to an aromatic ring is 1. The van der Waals surface area contributed by atoms with Gasteiger partial charge in [0.05, 0.1) is 11.9 Å². The van der Waals surface area contributed by atoms with Crippen LogP contribution in [0.25, 0.3) is 0 Å². The molecule has 0 atom stereocenters. The van der Waals surface area contributed by atoms with Crippen molar-refractivity contribution in [2.45, 2.75) is 40.2 Å². The SMILES string of the molecule is CC(C)(C)CNCC(C)(C)n1cnc(N)c1. The maximum atomic E-state index is 5.62. The number of hydrogen-bond donors (Lipinski definition) is 2. The summed E-state index contributed by atoms with van der Waals surface area (Å²) in [6.45, 7) is 12.9. The first-order valence-corrected chi connectivity index (χ1v) is 5.71. The number of hydrogen-bond acceptors (Lipinski definition) is 3. The highest BCUT2D eigenvalue weighted by Gasteiger charge is 2.20. The molecule has 0 fully saturated rings. The molecule has 0 aromatic carbocycles. The Morgan fingerprint density at radius 1 is 1.25 bits per heavy atom. The first-order chi connectivity index (χ1) is 7.21. The van der Waals surface area contributed by atoms with Gasteiger partial charge in [-0.1, -0.05) is 20.8 Å². The fourth-order valence-corrected chi connectivity index (χ4v) is 1.50. The number of nitrogens with zero attached hydrogens (tertiary/aromatic N) is 2. The van der Waals surface area contributed by atoms with Crippen LogP contribution in [0.15, 0.2) is 12.5 Å². The highest BCUT2D eigenvalue weighted by Crippen LogP contribution is 2.16. The van der Waals surface area contributed by atoms with E-state index in [1.54, 1.807) is 6.33 Å². The summed E-state index contributed by atoms with van der Waals surface area (Å²) in [4.78, 5) is 4.05. The molecule has 0 amide bonds. The monoisotopic (exact) mass is 224 g/mol. The van der Waals surface area contributed by atoms with E-state index in [1.807, 2.05) is 6.20 Å². The van der Waals surface area contributed by atoms with E-state index in [1.165, 1.54) is 0 Å². The highest BCUT2D eigenvalue weighted by molar-refractivity contribution is 5.23. The van der Waals surface area contributed by atoms with E-state index in [0.29, 0.717) is 11.2 Å². The Bertz CT molecular complexity index is 333. The van der Waals surface area contributed by atoms with Crippen LogP contribution in [-0.4, -0.2) is 22.6 Å². The molecule has 1 aromatic heterocycles. The molecule has 4 heteroatoms. The molecule has 4 nitrogen and oxygen atoms in total. The summed E-state index contributed by atoms with van der Waals surface area (Å²) in [6.07, 6.45) is 3.66. The van der Waals surface area contributed by atoms with Crippen molar-refractivity contribution in [1.29, 1.82) is 0 Å². The Balaban J connectivity index is 2.52. The fourth-order valence-electron chi connectivity index (χ4n) is 1.50. The normalized spacial score (nSPS) is 13.1. The van der Waals surface area contributed by atoms with Crippen molar-refractivity contribution in [2.75, 3.05) is 18.8 Å². The van der Waals surface area contributed by atoms with Gasteiger partial charge in [0.15, 0.2) is 0 Å². The zero-order valence-corrected chi connectivity index (χ0v) is 11.0. The molecule has 0 radical (unpaired) electrons. The topological polar surface area (TPSA) is 55.9 Å². The molecule has 1 aromatic rings. The van der Waals surface area contributed by atoms with Gasteiger partial charge in [-0.3, -0.25) is 0 Å². The molecule has 0 unspecified atom stereocenters. The van der Waals surface area contributed by atoms with E-state index in [2.05, 4.69) is 49.5 Å². The van der Waals surface area contributed by atoms with E-state index in [0.717, 1.165) is 13.1 Å². The molecule has 0 bridgehead atoms. The maximum Gasteiger partial charge on any atom is 0.141 e. The van der Waals surface area contributed by atoms with Crippen molar-refractivity contribution < 1.29 is 0 Å². The summed E-state index contributed by atoms with van der Waals surface area (Å²) >= 11 is 0. The number of imidazole rings is 1. The summed E-state index contributed by atoms with van der Waals surface area (Å²) in [5.74, 6) is 0.573. The van der Waals surface area contributed by atoms with Crippen LogP contribution < -0.4 is 11.1 Å². The van der Waals surface area contributed by atoms with Gasteiger partial charge in [0.1, 0.15) is 5.82 Å². The minimum absolute atomic E-state index is 0.00410. The van der Waals surface area contributed by atoms with Crippen LogP contribution >= 0.6 is 0 Å². The van der Waals surface area contributed by atoms with Crippen molar-refractivity contribution in [3.05, 3.63) is 12.5 Å². The van der Waals surface area contributed by atoms with Crippen LogP contribution in [0.2, 0.25) is 0 Å². The molecule has 1 heterocycles. The van der Waals surface area contributed by atoms with E-state index in [-0.39, 0.29) is 5.54 Å². The predicted molar refractivity (Wildman–Crippen MR) is 68.3 cm³/mol. The van der Waals surface area contributed by atoms with Crippen molar-refractivity contribution in [2.24, 2.45) is 5.41 Å². The van der Waals surface area contributed by atoms with Crippen molar-refractivity contribution in [3.8, 4) is 0 Å². The lowest BCUT2D eigenvalue weighted by atomic mass is 9.96. The van der Waals surface area contributed by atoms with Crippen LogP contribution in [0.5, 0.6) is 0 Å². The lowest BCUT2D eigenvalue weighted by Gasteiger charge is -2.29. The quantitative estimate of drug-likeness (QED) is 0.820. The van der Waals surface area contributed by atoms with Crippen LogP contribution in [0, 0.1) is 5.41 Å². The minimum Gasteiger partial charge on any atom is -0.382 e. The molecule has 92 valence electrons. The molecular weight excluding hydrogens is 200 g/mol. The third-order valence-electron chi connectivity index (χ3n) is 2.51. The Hall–Kier alpha value is -1.03. The lowest BCUT2D eigenvalue weighted by Crippen LogP contribution is -2.40. The van der Waals surface area contributed by atoms with E-state index in [9.17, 15) is 0 Å². The fraction of sp³-hybridized carbons (Fsp3) is 0.750. The number of aromatic nitrogens is 2. The Morgan fingerprint density at radius 2 is 1.88 bits per heavy atom. The molecule has 1 rings (SSSR count). The molecule has 0 aliphatic carbocycles. The van der Waals surface area contributed by atoms with Crippen LogP contribution in [0.3, 0.4) is 0 Å². The van der Waals surface area contributed by atoms with Gasteiger partial charge in [0.25, 0.3) is 0 Å². The number of nitrogens with one attached hydrogen (secondary N) is 1. The molecule has 0 saturated heterocycles. The molecule has 0 spiro atoms. The molecule has 0 aliphatic heterocycles. The maximum absolute atomic E-state index is 5.62. The molecule has 16 heavy (non-hydrogen) atoms. The van der Waals surface area contributed by atoms with Gasteiger partial charge < -0.3 is 15.6 Å². The van der Waals surface area contributed by atoms with Crippen LogP contribution in [0.4, 0.5) is 5.82 Å². The van der Waals surface area contributed by atoms with Gasteiger partial charge >= 0.3 is 0 Å². The zero-order chi connectivity index (χ0) is 12.4. The average Bonchev–Trinajstić information content (AvgIpc) is 2.49. The second-order valence-electron chi connectivity index (χ2n) is 6.18. The van der Waals surface area contributed by atoms with Crippen LogP contribution in [-0.2, 0) is 5.54 Å². The highest BCUT2D eigenvalue weighted by atomic mass is 15.1. The van der Waals surface area contributed by atoms with Crippen molar-refractivity contribution in [3.63, 3.8) is 0 Å². The third kappa shape index (κ3) is 3.85. The number of nitrogens with two attached hydrogens (primary N) is 1. The van der Waals surface area contributed by atoms with E-state index < -0.39 is 0 Å². The number of rotatable bonds is 4. The van der Waals surface area contributed by atoms with Gasteiger partial charge in [-0.25, -0.2) is 4.98 Å². The standard InChI is InChI=1S/C12H24N4/c1-11(2,3)7-14-8-12(4,5)16-6-10(13)15-9-16/h6,9,14H,7-8,13H2,1-5H3. The van der Waals surface area contributed by atoms with E-state index in [4.69, 9.17) is 5.73 Å². The van der Waals surface area contributed by atoms with E-state index >= 15 is 0 Å². The summed E-state index contributed by atoms with van der Waals surface area (Å²) in [7, 11) is 0. The van der Waals surface area contributed by atoms with Gasteiger partial charge in [-0.2, -0.15) is 0 Å². The average molecular weight is 224 g/mol. The first-order valence-electron chi connectivity index (χ1n) is 5.71. The lowest BCUT2D eigenvalue weighted by molar-refractivity contribution is 0.298. The second-order valence-corrected chi connectivity index (χ2v) is 6.18. The van der Waals surface area contributed by atoms with Crippen LogP contribution in [0.1, 0.15) is 34.6 Å². The van der Waals surface area contributed by atoms with Gasteiger partial charge in [0, 0.05) is 19.3 Å². The number of anilines is 1. The van der Waals surface area contributed by atoms with Gasteiger partial charge in [-0.15, -0.1) is 0 Å². The predicted octanol–water partition coefficient (Wildman–Crippen LogP) is 1.84. The Morgan fingerprint density at radius 3 is 2.31 bits per heavy atom. The summed E-state index contributed by atoms with van der Waals surface area (Å²) in [5, 5.41) is 3.48. The molecule has 0 saturated carbocycles. The smallest absolute Gasteiger partial charge is 0.141 e. The molecular formula is C12H24N4. The molecule has 3 N–H and O–H groups in total. The molecule has 0 aliphatic rings. The summed E-state index contributed by atoms with van der Waals surface area (Å²) in [6, 6.07) is 0. The minimum atomic E-state index is -0.00410. The summed E-state index contributed by atoms with van der Waals surface area (Å²) in [5.41, 5.74) is 5.93. The van der Waals surface area contributed by atoms with Gasteiger partial charge in [0.2, 0.25) is 0 Å². The second kappa shape index (κ2) is 4.45.